The molecule has 0 radical (unpaired) electrons. The van der Waals surface area contributed by atoms with Crippen LogP contribution in [0, 0.1) is 0 Å². The highest BCUT2D eigenvalue weighted by atomic mass is 16.6. The van der Waals surface area contributed by atoms with Crippen LogP contribution in [0.4, 0.5) is 0 Å². The monoisotopic (exact) mass is 829 g/mol. The fourth-order valence-corrected chi connectivity index (χ4v) is 7.25. The third-order valence-corrected chi connectivity index (χ3v) is 11.1. The molecule has 0 aliphatic carbocycles. The second kappa shape index (κ2) is 48.3. The predicted molar refractivity (Wildman–Crippen MR) is 252 cm³/mol. The molecular formula is C53H96O6. The Balaban J connectivity index is 4.29. The molecule has 59 heavy (non-hydrogen) atoms. The topological polar surface area (TPSA) is 78.9 Å². The number of hydrogen-bond donors (Lipinski definition) is 0. The number of rotatable bonds is 46. The van der Waals surface area contributed by atoms with Gasteiger partial charge in [0.25, 0.3) is 0 Å². The van der Waals surface area contributed by atoms with Gasteiger partial charge in [0.1, 0.15) is 13.2 Å². The van der Waals surface area contributed by atoms with Crippen molar-refractivity contribution in [3.05, 3.63) is 36.5 Å². The van der Waals surface area contributed by atoms with Crippen LogP contribution in [-0.2, 0) is 28.6 Å². The van der Waals surface area contributed by atoms with Crippen LogP contribution in [-0.4, -0.2) is 37.2 Å². The Hall–Kier alpha value is -2.37. The van der Waals surface area contributed by atoms with E-state index in [9.17, 15) is 14.4 Å². The highest BCUT2D eigenvalue weighted by Crippen LogP contribution is 2.15. The van der Waals surface area contributed by atoms with Crippen LogP contribution >= 0.6 is 0 Å². The van der Waals surface area contributed by atoms with Crippen molar-refractivity contribution in [1.82, 2.24) is 0 Å². The summed E-state index contributed by atoms with van der Waals surface area (Å²) in [5.41, 5.74) is 0. The van der Waals surface area contributed by atoms with Crippen molar-refractivity contribution in [2.45, 2.75) is 271 Å². The first-order chi connectivity index (χ1) is 29.0. The zero-order chi connectivity index (χ0) is 43.0. The average molecular weight is 829 g/mol. The summed E-state index contributed by atoms with van der Waals surface area (Å²) < 4.78 is 16.7. The molecule has 1 atom stereocenters. The van der Waals surface area contributed by atoms with Gasteiger partial charge in [-0.3, -0.25) is 14.4 Å². The van der Waals surface area contributed by atoms with Gasteiger partial charge in [0, 0.05) is 19.3 Å². The zero-order valence-electron chi connectivity index (χ0n) is 39.3. The number of allylic oxidation sites excluding steroid dienone is 6. The molecule has 0 amide bonds. The lowest BCUT2D eigenvalue weighted by Crippen LogP contribution is -2.30. The van der Waals surface area contributed by atoms with E-state index in [1.807, 2.05) is 0 Å². The van der Waals surface area contributed by atoms with E-state index in [0.717, 1.165) is 70.6 Å². The van der Waals surface area contributed by atoms with Gasteiger partial charge in [0.05, 0.1) is 0 Å². The Labute approximate surface area is 365 Å². The van der Waals surface area contributed by atoms with Gasteiger partial charge in [-0.25, -0.2) is 0 Å². The smallest absolute Gasteiger partial charge is 0.306 e. The lowest BCUT2D eigenvalue weighted by Gasteiger charge is -2.18. The molecule has 0 rings (SSSR count). The molecule has 6 nitrogen and oxygen atoms in total. The Morgan fingerprint density at radius 3 is 1.00 bits per heavy atom. The Morgan fingerprint density at radius 1 is 0.339 bits per heavy atom. The number of carbonyl (C=O) groups excluding carboxylic acids is 3. The predicted octanol–water partition coefficient (Wildman–Crippen LogP) is 16.5. The van der Waals surface area contributed by atoms with Gasteiger partial charge in [-0.15, -0.1) is 0 Å². The first-order valence-corrected chi connectivity index (χ1v) is 25.5. The van der Waals surface area contributed by atoms with Gasteiger partial charge < -0.3 is 14.2 Å². The van der Waals surface area contributed by atoms with Crippen molar-refractivity contribution in [2.24, 2.45) is 0 Å². The van der Waals surface area contributed by atoms with Gasteiger partial charge in [0.2, 0.25) is 0 Å². The summed E-state index contributed by atoms with van der Waals surface area (Å²) in [5.74, 6) is -0.892. The van der Waals surface area contributed by atoms with Crippen molar-refractivity contribution in [3.63, 3.8) is 0 Å². The minimum Gasteiger partial charge on any atom is -0.462 e. The van der Waals surface area contributed by atoms with Crippen LogP contribution in [0.3, 0.4) is 0 Å². The first-order valence-electron chi connectivity index (χ1n) is 25.5. The second-order valence-electron chi connectivity index (χ2n) is 17.1. The molecule has 344 valence electrons. The summed E-state index contributed by atoms with van der Waals surface area (Å²) in [7, 11) is 0. The molecule has 0 aromatic rings. The molecule has 0 N–H and O–H groups in total. The molecule has 0 aromatic heterocycles. The summed E-state index contributed by atoms with van der Waals surface area (Å²) in [6, 6.07) is 0. The van der Waals surface area contributed by atoms with E-state index < -0.39 is 6.10 Å². The number of esters is 3. The summed E-state index contributed by atoms with van der Waals surface area (Å²) in [4.78, 5) is 37.8. The minimum atomic E-state index is -0.776. The number of hydrogen-bond acceptors (Lipinski definition) is 6. The Morgan fingerprint density at radius 2 is 0.610 bits per heavy atom. The van der Waals surface area contributed by atoms with Crippen LogP contribution in [0.2, 0.25) is 0 Å². The summed E-state index contributed by atoms with van der Waals surface area (Å²) in [5, 5.41) is 0. The van der Waals surface area contributed by atoms with E-state index in [2.05, 4.69) is 57.2 Å². The molecule has 6 heteroatoms. The number of carbonyl (C=O) groups is 3. The largest absolute Gasteiger partial charge is 0.462 e. The van der Waals surface area contributed by atoms with Crippen LogP contribution in [0.1, 0.15) is 265 Å². The van der Waals surface area contributed by atoms with Crippen molar-refractivity contribution < 1.29 is 28.6 Å². The van der Waals surface area contributed by atoms with Crippen molar-refractivity contribution >= 4 is 17.9 Å². The summed E-state index contributed by atoms with van der Waals surface area (Å²) >= 11 is 0. The van der Waals surface area contributed by atoms with E-state index in [4.69, 9.17) is 14.2 Å². The fraction of sp³-hybridized carbons (Fsp3) is 0.830. The normalized spacial score (nSPS) is 12.3. The first kappa shape index (κ1) is 56.6. The minimum absolute atomic E-state index is 0.0768. The summed E-state index contributed by atoms with van der Waals surface area (Å²) in [6.07, 6.45) is 55.6. The van der Waals surface area contributed by atoms with Crippen molar-refractivity contribution in [1.29, 1.82) is 0 Å². The van der Waals surface area contributed by atoms with Gasteiger partial charge >= 0.3 is 17.9 Å². The lowest BCUT2D eigenvalue weighted by molar-refractivity contribution is -0.167. The SMILES string of the molecule is CCCCC/C=C\C=C/CCCCCCCCCCCCC(=O)OCC(COC(=O)CCCCCCCCCCC)OC(=O)CCCCC/C=C\CCCCCCCC. The van der Waals surface area contributed by atoms with Crippen LogP contribution in [0.5, 0.6) is 0 Å². The number of ether oxygens (including phenoxy) is 3. The molecule has 0 aliphatic rings. The van der Waals surface area contributed by atoms with Gasteiger partial charge in [-0.1, -0.05) is 211 Å². The van der Waals surface area contributed by atoms with E-state index >= 15 is 0 Å². The van der Waals surface area contributed by atoms with E-state index in [1.165, 1.54) is 154 Å². The molecule has 0 saturated carbocycles. The molecule has 0 heterocycles. The third kappa shape index (κ3) is 46.5. The molecule has 0 aliphatic heterocycles. The molecule has 0 fully saturated rings. The lowest BCUT2D eigenvalue weighted by atomic mass is 10.1. The third-order valence-electron chi connectivity index (χ3n) is 11.1. The van der Waals surface area contributed by atoms with Gasteiger partial charge in [-0.2, -0.15) is 0 Å². The molecular weight excluding hydrogens is 733 g/mol. The van der Waals surface area contributed by atoms with Gasteiger partial charge in [0.15, 0.2) is 6.10 Å². The zero-order valence-corrected chi connectivity index (χ0v) is 39.3. The average Bonchev–Trinajstić information content (AvgIpc) is 3.23. The number of unbranched alkanes of at least 4 members (excludes halogenated alkanes) is 30. The molecule has 0 bridgehead atoms. The Kier molecular flexibility index (Phi) is 46.4. The van der Waals surface area contributed by atoms with Crippen LogP contribution < -0.4 is 0 Å². The molecule has 0 saturated heterocycles. The van der Waals surface area contributed by atoms with Crippen LogP contribution in [0.25, 0.3) is 0 Å². The van der Waals surface area contributed by atoms with Crippen molar-refractivity contribution in [3.8, 4) is 0 Å². The quantitative estimate of drug-likeness (QED) is 0.0200. The standard InChI is InChI=1S/C53H96O6/c1-4-7-10-13-16-19-21-23-24-25-26-27-28-30-31-34-37-40-43-46-52(55)58-49-50(48-57-51(54)45-42-39-36-33-18-15-12-9-6-3)59-53(56)47-44-41-38-35-32-29-22-20-17-14-11-8-5-2/h16,19,21,23,29,32,50H,4-15,17-18,20,22,24-28,30-31,33-49H2,1-3H3/b19-16-,23-21-,32-29-. The van der Waals surface area contributed by atoms with Crippen molar-refractivity contribution in [2.75, 3.05) is 13.2 Å². The highest BCUT2D eigenvalue weighted by molar-refractivity contribution is 5.71. The molecule has 1 unspecified atom stereocenters. The van der Waals surface area contributed by atoms with Gasteiger partial charge in [-0.05, 0) is 70.6 Å². The maximum absolute atomic E-state index is 12.7. The van der Waals surface area contributed by atoms with E-state index in [0.29, 0.717) is 19.3 Å². The fourth-order valence-electron chi connectivity index (χ4n) is 7.25. The molecule has 0 spiro atoms. The maximum Gasteiger partial charge on any atom is 0.306 e. The molecule has 0 aromatic carbocycles. The van der Waals surface area contributed by atoms with Crippen LogP contribution in [0.15, 0.2) is 36.5 Å². The van der Waals surface area contributed by atoms with E-state index in [-0.39, 0.29) is 31.1 Å². The summed E-state index contributed by atoms with van der Waals surface area (Å²) in [6.45, 7) is 6.58. The second-order valence-corrected chi connectivity index (χ2v) is 17.1. The maximum atomic E-state index is 12.7. The highest BCUT2D eigenvalue weighted by Gasteiger charge is 2.19. The van der Waals surface area contributed by atoms with E-state index in [1.54, 1.807) is 0 Å². The Bertz CT molecular complexity index is 1000.